The zero-order chi connectivity index (χ0) is 17.9. The maximum absolute atomic E-state index is 13.0. The highest BCUT2D eigenvalue weighted by Gasteiger charge is 2.34. The molecule has 0 heterocycles. The Balaban J connectivity index is 2.14. The Kier molecular flexibility index (Phi) is 5.39. The summed E-state index contributed by atoms with van der Waals surface area (Å²) in [4.78, 5) is 12.2. The van der Waals surface area contributed by atoms with Crippen molar-refractivity contribution < 1.29 is 18.0 Å². The number of carbonyl (C=O) groups is 1. The van der Waals surface area contributed by atoms with E-state index >= 15 is 0 Å². The van der Waals surface area contributed by atoms with Crippen molar-refractivity contribution in [3.63, 3.8) is 0 Å². The van der Waals surface area contributed by atoms with Gasteiger partial charge in [0, 0.05) is 10.7 Å². The quantitative estimate of drug-likeness (QED) is 0.799. The van der Waals surface area contributed by atoms with Gasteiger partial charge in [-0.05, 0) is 49.7 Å². The van der Waals surface area contributed by atoms with E-state index in [9.17, 15) is 18.0 Å². The van der Waals surface area contributed by atoms with Crippen LogP contribution in [-0.4, -0.2) is 11.9 Å². The SMILES string of the molecule is Cc1cccc(NC(C)C(=O)Nc2ccc(Cl)cc2C(F)(F)F)c1. The van der Waals surface area contributed by atoms with E-state index < -0.39 is 23.7 Å². The van der Waals surface area contributed by atoms with Crippen LogP contribution in [0.1, 0.15) is 18.1 Å². The number of rotatable bonds is 4. The maximum atomic E-state index is 13.0. The van der Waals surface area contributed by atoms with Crippen molar-refractivity contribution in [2.24, 2.45) is 0 Å². The highest BCUT2D eigenvalue weighted by Crippen LogP contribution is 2.36. The van der Waals surface area contributed by atoms with E-state index in [1.807, 2.05) is 25.1 Å². The monoisotopic (exact) mass is 356 g/mol. The molecule has 3 nitrogen and oxygen atoms in total. The predicted octanol–water partition coefficient (Wildman–Crippen LogP) is 5.11. The Bertz CT molecular complexity index is 747. The molecule has 0 fully saturated rings. The number of anilines is 2. The summed E-state index contributed by atoms with van der Waals surface area (Å²) in [6.45, 7) is 3.47. The molecule has 0 bridgehead atoms. The van der Waals surface area contributed by atoms with E-state index in [-0.39, 0.29) is 10.7 Å². The largest absolute Gasteiger partial charge is 0.418 e. The normalized spacial score (nSPS) is 12.6. The minimum Gasteiger partial charge on any atom is -0.374 e. The van der Waals surface area contributed by atoms with Gasteiger partial charge in [-0.2, -0.15) is 13.2 Å². The molecule has 0 aliphatic heterocycles. The van der Waals surface area contributed by atoms with Gasteiger partial charge in [0.1, 0.15) is 6.04 Å². The first kappa shape index (κ1) is 18.1. The summed E-state index contributed by atoms with van der Waals surface area (Å²) in [7, 11) is 0. The van der Waals surface area contributed by atoms with Gasteiger partial charge in [0.05, 0.1) is 11.3 Å². The van der Waals surface area contributed by atoms with Gasteiger partial charge in [0.25, 0.3) is 0 Å². The van der Waals surface area contributed by atoms with Crippen molar-refractivity contribution in [3.05, 3.63) is 58.6 Å². The fourth-order valence-electron chi connectivity index (χ4n) is 2.15. The molecule has 1 atom stereocenters. The van der Waals surface area contributed by atoms with Crippen LogP contribution in [0.4, 0.5) is 24.5 Å². The van der Waals surface area contributed by atoms with Crippen molar-refractivity contribution in [1.82, 2.24) is 0 Å². The number of alkyl halides is 3. The summed E-state index contributed by atoms with van der Waals surface area (Å²) in [5.41, 5.74) is 0.412. The summed E-state index contributed by atoms with van der Waals surface area (Å²) in [5, 5.41) is 5.20. The molecule has 2 N–H and O–H groups in total. The molecule has 2 aromatic carbocycles. The third-order valence-electron chi connectivity index (χ3n) is 3.34. The van der Waals surface area contributed by atoms with Crippen LogP contribution in [0.2, 0.25) is 5.02 Å². The first-order valence-electron chi connectivity index (χ1n) is 7.17. The van der Waals surface area contributed by atoms with Crippen molar-refractivity contribution in [1.29, 1.82) is 0 Å². The maximum Gasteiger partial charge on any atom is 0.418 e. The number of amides is 1. The van der Waals surface area contributed by atoms with Crippen LogP contribution >= 0.6 is 11.6 Å². The van der Waals surface area contributed by atoms with Gasteiger partial charge in [-0.1, -0.05) is 23.7 Å². The summed E-state index contributed by atoms with van der Waals surface area (Å²) in [6, 6.07) is 9.85. The molecule has 7 heteroatoms. The highest BCUT2D eigenvalue weighted by molar-refractivity contribution is 6.30. The molecule has 1 amide bonds. The van der Waals surface area contributed by atoms with E-state index in [2.05, 4.69) is 10.6 Å². The standard InChI is InChI=1S/C17H16ClF3N2O/c1-10-4-3-5-13(8-10)22-11(2)16(24)23-15-7-6-12(18)9-14(15)17(19,20)21/h3-9,11,22H,1-2H3,(H,23,24). The van der Waals surface area contributed by atoms with Crippen LogP contribution in [-0.2, 0) is 11.0 Å². The lowest BCUT2D eigenvalue weighted by atomic mass is 10.1. The number of benzene rings is 2. The van der Waals surface area contributed by atoms with Crippen molar-refractivity contribution in [3.8, 4) is 0 Å². The topological polar surface area (TPSA) is 41.1 Å². The molecule has 128 valence electrons. The summed E-state index contributed by atoms with van der Waals surface area (Å²) >= 11 is 5.62. The third-order valence-corrected chi connectivity index (χ3v) is 3.57. The van der Waals surface area contributed by atoms with Gasteiger partial charge < -0.3 is 10.6 Å². The molecule has 2 aromatic rings. The lowest BCUT2D eigenvalue weighted by molar-refractivity contribution is -0.137. The predicted molar refractivity (Wildman–Crippen MR) is 89.3 cm³/mol. The summed E-state index contributed by atoms with van der Waals surface area (Å²) in [6.07, 6.45) is -4.61. The van der Waals surface area contributed by atoms with Crippen LogP contribution in [0, 0.1) is 6.92 Å². The molecule has 0 aliphatic carbocycles. The van der Waals surface area contributed by atoms with Crippen LogP contribution in [0.5, 0.6) is 0 Å². The first-order valence-corrected chi connectivity index (χ1v) is 7.55. The van der Waals surface area contributed by atoms with Crippen LogP contribution in [0.3, 0.4) is 0 Å². The van der Waals surface area contributed by atoms with E-state index in [0.29, 0.717) is 5.69 Å². The Labute approximate surface area is 142 Å². The molecule has 0 saturated carbocycles. The van der Waals surface area contributed by atoms with Gasteiger partial charge in [-0.25, -0.2) is 0 Å². The third kappa shape index (κ3) is 4.64. The average molecular weight is 357 g/mol. The van der Waals surface area contributed by atoms with Crippen LogP contribution < -0.4 is 10.6 Å². The average Bonchev–Trinajstić information content (AvgIpc) is 2.48. The lowest BCUT2D eigenvalue weighted by Gasteiger charge is -2.18. The smallest absolute Gasteiger partial charge is 0.374 e. The van der Waals surface area contributed by atoms with Crippen molar-refractivity contribution >= 4 is 28.9 Å². The van der Waals surface area contributed by atoms with Gasteiger partial charge in [0.15, 0.2) is 0 Å². The number of halogens is 4. The van der Waals surface area contributed by atoms with Crippen LogP contribution in [0.15, 0.2) is 42.5 Å². The first-order chi connectivity index (χ1) is 11.2. The van der Waals surface area contributed by atoms with Gasteiger partial charge in [0.2, 0.25) is 5.91 Å². The Morgan fingerprint density at radius 1 is 1.17 bits per heavy atom. The molecular formula is C17H16ClF3N2O. The van der Waals surface area contributed by atoms with Gasteiger partial charge in [-0.15, -0.1) is 0 Å². The molecule has 2 rings (SSSR count). The minimum atomic E-state index is -4.61. The van der Waals surface area contributed by atoms with Crippen molar-refractivity contribution in [2.75, 3.05) is 10.6 Å². The molecule has 0 aliphatic rings. The van der Waals surface area contributed by atoms with E-state index in [4.69, 9.17) is 11.6 Å². The Morgan fingerprint density at radius 2 is 1.88 bits per heavy atom. The van der Waals surface area contributed by atoms with Gasteiger partial charge >= 0.3 is 6.18 Å². The van der Waals surface area contributed by atoms with Gasteiger partial charge in [-0.3, -0.25) is 4.79 Å². The zero-order valence-corrected chi connectivity index (χ0v) is 13.8. The molecule has 0 saturated heterocycles. The van der Waals surface area contributed by atoms with E-state index in [0.717, 1.165) is 17.7 Å². The fourth-order valence-corrected chi connectivity index (χ4v) is 2.32. The minimum absolute atomic E-state index is 0.0498. The van der Waals surface area contributed by atoms with Crippen LogP contribution in [0.25, 0.3) is 0 Å². The highest BCUT2D eigenvalue weighted by atomic mass is 35.5. The number of aryl methyl sites for hydroxylation is 1. The number of nitrogens with one attached hydrogen (secondary N) is 2. The summed E-state index contributed by atoms with van der Waals surface area (Å²) < 4.78 is 39.1. The molecular weight excluding hydrogens is 341 g/mol. The summed E-state index contributed by atoms with van der Waals surface area (Å²) in [5.74, 6) is -0.579. The molecule has 0 aromatic heterocycles. The fraction of sp³-hybridized carbons (Fsp3) is 0.235. The second kappa shape index (κ2) is 7.13. The van der Waals surface area contributed by atoms with E-state index in [1.165, 1.54) is 6.07 Å². The molecule has 0 radical (unpaired) electrons. The zero-order valence-electron chi connectivity index (χ0n) is 13.0. The molecule has 24 heavy (non-hydrogen) atoms. The molecule has 1 unspecified atom stereocenters. The van der Waals surface area contributed by atoms with E-state index in [1.54, 1.807) is 13.0 Å². The Hall–Kier alpha value is -2.21. The Morgan fingerprint density at radius 3 is 2.50 bits per heavy atom. The number of hydrogen-bond acceptors (Lipinski definition) is 2. The lowest BCUT2D eigenvalue weighted by Crippen LogP contribution is -2.32. The second-order valence-electron chi connectivity index (χ2n) is 5.41. The molecule has 0 spiro atoms. The van der Waals surface area contributed by atoms with Crippen molar-refractivity contribution in [2.45, 2.75) is 26.1 Å². The second-order valence-corrected chi connectivity index (χ2v) is 5.85. The number of carbonyl (C=O) groups excluding carboxylic acids is 1. The number of hydrogen-bond donors (Lipinski definition) is 2.